The summed E-state index contributed by atoms with van der Waals surface area (Å²) < 4.78 is 0. The van der Waals surface area contributed by atoms with Crippen molar-refractivity contribution < 1.29 is 9.59 Å². The number of halogens is 1. The predicted octanol–water partition coefficient (Wildman–Crippen LogP) is 5.52. The van der Waals surface area contributed by atoms with Gasteiger partial charge in [-0.05, 0) is 62.4 Å². The molecule has 1 aliphatic rings. The Morgan fingerprint density at radius 1 is 1.05 bits per heavy atom. The maximum atomic E-state index is 13.2. The highest BCUT2D eigenvalue weighted by molar-refractivity contribution is 6.38. The molecule has 0 radical (unpaired) electrons. The zero-order chi connectivity index (χ0) is 26.3. The van der Waals surface area contributed by atoms with Crippen LogP contribution in [0.3, 0.4) is 0 Å². The Morgan fingerprint density at radius 3 is 2.54 bits per heavy atom. The number of nitrogens with two attached hydrogens (primary N) is 1. The minimum Gasteiger partial charge on any atom is -0.354 e. The van der Waals surface area contributed by atoms with E-state index in [1.165, 1.54) is 4.90 Å². The van der Waals surface area contributed by atoms with Crippen molar-refractivity contribution >= 4 is 62.7 Å². The van der Waals surface area contributed by atoms with Gasteiger partial charge in [0.25, 0.3) is 5.91 Å². The lowest BCUT2D eigenvalue weighted by atomic mass is 9.99. The summed E-state index contributed by atoms with van der Waals surface area (Å²) in [5.74, 6) is -0.425. The SMILES string of the molecule is CN(C(=O)C(C)(C)N)c1ccc(N/C(=C2\C(=O)Nc3cc(Cl)ccc32)c2ccc3cccnc3c2)cc1. The van der Waals surface area contributed by atoms with Gasteiger partial charge in [0.05, 0.1) is 28.0 Å². The van der Waals surface area contributed by atoms with Crippen molar-refractivity contribution in [3.05, 3.63) is 95.1 Å². The molecule has 1 aliphatic heterocycles. The van der Waals surface area contributed by atoms with Crippen molar-refractivity contribution in [1.82, 2.24) is 4.98 Å². The van der Waals surface area contributed by atoms with Gasteiger partial charge in [-0.15, -0.1) is 0 Å². The third-order valence-electron chi connectivity index (χ3n) is 6.25. The maximum absolute atomic E-state index is 13.2. The number of amides is 2. The van der Waals surface area contributed by atoms with Gasteiger partial charge in [0.2, 0.25) is 5.91 Å². The molecule has 0 atom stereocenters. The predicted molar refractivity (Wildman–Crippen MR) is 150 cm³/mol. The molecule has 0 bridgehead atoms. The van der Waals surface area contributed by atoms with E-state index in [1.807, 2.05) is 60.7 Å². The number of carbonyl (C=O) groups is 2. The Labute approximate surface area is 219 Å². The topological polar surface area (TPSA) is 100 Å². The second-order valence-electron chi connectivity index (χ2n) is 9.56. The number of anilines is 3. The quantitative estimate of drug-likeness (QED) is 0.306. The molecule has 0 saturated heterocycles. The first kappa shape index (κ1) is 24.5. The molecule has 0 aliphatic carbocycles. The van der Waals surface area contributed by atoms with E-state index in [0.29, 0.717) is 27.7 Å². The molecule has 186 valence electrons. The lowest BCUT2D eigenvalue weighted by Gasteiger charge is -2.26. The number of aromatic nitrogens is 1. The highest BCUT2D eigenvalue weighted by atomic mass is 35.5. The first-order valence-corrected chi connectivity index (χ1v) is 12.1. The molecular weight excluding hydrogens is 486 g/mol. The van der Waals surface area contributed by atoms with E-state index in [-0.39, 0.29) is 11.8 Å². The fourth-order valence-electron chi connectivity index (χ4n) is 4.36. The number of hydrogen-bond donors (Lipinski definition) is 3. The highest BCUT2D eigenvalue weighted by Gasteiger charge is 2.29. The second-order valence-corrected chi connectivity index (χ2v) is 10.00. The summed E-state index contributed by atoms with van der Waals surface area (Å²) in [6.07, 6.45) is 1.74. The molecule has 5 rings (SSSR count). The molecule has 0 saturated carbocycles. The molecule has 2 amide bonds. The van der Waals surface area contributed by atoms with Gasteiger partial charge in [-0.1, -0.05) is 35.9 Å². The molecule has 2 heterocycles. The first-order chi connectivity index (χ1) is 17.6. The fraction of sp³-hybridized carbons (Fsp3) is 0.138. The van der Waals surface area contributed by atoms with E-state index in [9.17, 15) is 9.59 Å². The molecule has 4 N–H and O–H groups in total. The molecule has 0 fully saturated rings. The average molecular weight is 512 g/mol. The van der Waals surface area contributed by atoms with Gasteiger partial charge in [-0.25, -0.2) is 0 Å². The Hall–Kier alpha value is -4.20. The molecular formula is C29H26ClN5O2. The molecule has 0 spiro atoms. The van der Waals surface area contributed by atoms with Crippen molar-refractivity contribution in [2.45, 2.75) is 19.4 Å². The van der Waals surface area contributed by atoms with Crippen molar-refractivity contribution in [3.8, 4) is 0 Å². The fourth-order valence-corrected chi connectivity index (χ4v) is 4.53. The van der Waals surface area contributed by atoms with Gasteiger partial charge in [0.1, 0.15) is 0 Å². The Bertz CT molecular complexity index is 1570. The molecule has 0 unspecified atom stereocenters. The highest BCUT2D eigenvalue weighted by Crippen LogP contribution is 2.39. The van der Waals surface area contributed by atoms with Crippen molar-refractivity contribution in [2.24, 2.45) is 5.73 Å². The monoisotopic (exact) mass is 511 g/mol. The molecule has 4 aromatic rings. The standard InChI is InChI=1S/C29H26ClN5O2/c1-29(2,31)28(37)35(3)21-11-9-20(10-12-21)33-26(18-7-6-17-5-4-14-32-23(17)15-18)25-22-13-8-19(30)16-24(22)34-27(25)36/h4-16,33H,31H2,1-3H3,(H,34,36)/b26-25-. The van der Waals surface area contributed by atoms with Gasteiger partial charge in [0.15, 0.2) is 0 Å². The van der Waals surface area contributed by atoms with E-state index >= 15 is 0 Å². The van der Waals surface area contributed by atoms with E-state index in [0.717, 1.165) is 27.7 Å². The average Bonchev–Trinajstić information content (AvgIpc) is 3.20. The summed E-state index contributed by atoms with van der Waals surface area (Å²) in [4.78, 5) is 31.8. The van der Waals surface area contributed by atoms with Crippen LogP contribution in [0.4, 0.5) is 17.1 Å². The van der Waals surface area contributed by atoms with Crippen molar-refractivity contribution in [3.63, 3.8) is 0 Å². The van der Waals surface area contributed by atoms with Gasteiger partial charge >= 0.3 is 0 Å². The summed E-state index contributed by atoms with van der Waals surface area (Å²) in [6, 6.07) is 22.5. The Kier molecular flexibility index (Phi) is 6.19. The molecule has 7 nitrogen and oxygen atoms in total. The van der Waals surface area contributed by atoms with Crippen molar-refractivity contribution in [2.75, 3.05) is 22.6 Å². The number of benzene rings is 3. The number of hydrogen-bond acceptors (Lipinski definition) is 5. The van der Waals surface area contributed by atoms with Crippen LogP contribution in [-0.2, 0) is 9.59 Å². The minimum absolute atomic E-state index is 0.197. The largest absolute Gasteiger partial charge is 0.354 e. The lowest BCUT2D eigenvalue weighted by Crippen LogP contribution is -2.49. The number of carbonyl (C=O) groups excluding carboxylic acids is 2. The van der Waals surface area contributed by atoms with E-state index in [4.69, 9.17) is 17.3 Å². The van der Waals surface area contributed by atoms with Crippen LogP contribution in [0.2, 0.25) is 5.02 Å². The van der Waals surface area contributed by atoms with Gasteiger partial charge < -0.3 is 21.3 Å². The van der Waals surface area contributed by atoms with Gasteiger partial charge in [-0.3, -0.25) is 14.6 Å². The van der Waals surface area contributed by atoms with Crippen LogP contribution in [0.15, 0.2) is 79.0 Å². The van der Waals surface area contributed by atoms with Crippen molar-refractivity contribution in [1.29, 1.82) is 0 Å². The number of fused-ring (bicyclic) bond motifs is 2. The first-order valence-electron chi connectivity index (χ1n) is 11.8. The molecule has 37 heavy (non-hydrogen) atoms. The van der Waals surface area contributed by atoms with Crippen LogP contribution in [0.25, 0.3) is 22.2 Å². The summed E-state index contributed by atoms with van der Waals surface area (Å²) >= 11 is 6.17. The second kappa shape index (κ2) is 9.35. The van der Waals surface area contributed by atoms with E-state index < -0.39 is 5.54 Å². The van der Waals surface area contributed by atoms with E-state index in [1.54, 1.807) is 39.2 Å². The number of rotatable bonds is 5. The lowest BCUT2D eigenvalue weighted by molar-refractivity contribution is -0.122. The van der Waals surface area contributed by atoms with Gasteiger partial charge in [-0.2, -0.15) is 0 Å². The summed E-state index contributed by atoms with van der Waals surface area (Å²) in [7, 11) is 1.69. The Morgan fingerprint density at radius 2 is 1.81 bits per heavy atom. The normalized spacial score (nSPS) is 14.2. The number of nitrogens with zero attached hydrogens (tertiary/aromatic N) is 2. The number of nitrogens with one attached hydrogen (secondary N) is 2. The van der Waals surface area contributed by atoms with E-state index in [2.05, 4.69) is 15.6 Å². The van der Waals surface area contributed by atoms with Crippen LogP contribution in [0.5, 0.6) is 0 Å². The molecule has 1 aromatic heterocycles. The van der Waals surface area contributed by atoms with Crippen LogP contribution >= 0.6 is 11.6 Å². The van der Waals surface area contributed by atoms with Crippen LogP contribution in [-0.4, -0.2) is 29.4 Å². The van der Waals surface area contributed by atoms with Crippen LogP contribution in [0.1, 0.15) is 25.0 Å². The smallest absolute Gasteiger partial charge is 0.258 e. The molecule has 8 heteroatoms. The number of likely N-dealkylation sites (N-methyl/N-ethyl adjacent to an activating group) is 1. The third-order valence-corrected chi connectivity index (χ3v) is 6.49. The molecule has 3 aromatic carbocycles. The third kappa shape index (κ3) is 4.79. The van der Waals surface area contributed by atoms with Crippen LogP contribution in [0, 0.1) is 0 Å². The number of pyridine rings is 1. The van der Waals surface area contributed by atoms with Crippen LogP contribution < -0.4 is 21.3 Å². The summed E-state index contributed by atoms with van der Waals surface area (Å²) in [5.41, 5.74) is 10.6. The Balaban J connectivity index is 1.59. The zero-order valence-electron chi connectivity index (χ0n) is 20.7. The summed E-state index contributed by atoms with van der Waals surface area (Å²) in [6.45, 7) is 3.35. The maximum Gasteiger partial charge on any atom is 0.258 e. The minimum atomic E-state index is -0.987. The zero-order valence-corrected chi connectivity index (χ0v) is 21.4. The summed E-state index contributed by atoms with van der Waals surface area (Å²) in [5, 5.41) is 7.90. The van der Waals surface area contributed by atoms with Gasteiger partial charge in [0, 0.05) is 46.2 Å².